The molecule has 8 heteroatoms. The summed E-state index contributed by atoms with van der Waals surface area (Å²) in [5.41, 5.74) is 2.04. The molecule has 0 atom stereocenters. The van der Waals surface area contributed by atoms with Gasteiger partial charge in [0, 0.05) is 35.6 Å². The minimum absolute atomic E-state index is 0.144. The Bertz CT molecular complexity index is 1120. The van der Waals surface area contributed by atoms with E-state index in [0.29, 0.717) is 16.3 Å². The Kier molecular flexibility index (Phi) is 6.10. The van der Waals surface area contributed by atoms with Crippen LogP contribution in [0.15, 0.2) is 64.9 Å². The maximum Gasteiger partial charge on any atom is 0.242 e. The van der Waals surface area contributed by atoms with Gasteiger partial charge in [-0.3, -0.25) is 4.79 Å². The second-order valence-corrected chi connectivity index (χ2v) is 9.54. The summed E-state index contributed by atoms with van der Waals surface area (Å²) in [4.78, 5) is 17.0. The lowest BCUT2D eigenvalue weighted by atomic mass is 10.1. The lowest BCUT2D eigenvalue weighted by Gasteiger charge is -2.11. The Morgan fingerprint density at radius 1 is 1.07 bits per heavy atom. The molecule has 3 aromatic rings. The predicted octanol–water partition coefficient (Wildman–Crippen LogP) is 4.61. The Morgan fingerprint density at radius 3 is 2.32 bits per heavy atom. The molecule has 0 N–H and O–H groups in total. The van der Waals surface area contributed by atoms with Crippen molar-refractivity contribution in [2.45, 2.75) is 4.90 Å². The third-order valence-corrected chi connectivity index (χ3v) is 6.93. The molecular weight excluding hydrogens is 416 g/mol. The molecule has 0 unspecified atom stereocenters. The van der Waals surface area contributed by atoms with Gasteiger partial charge in [0.05, 0.1) is 10.6 Å². The van der Waals surface area contributed by atoms with Gasteiger partial charge in [0.1, 0.15) is 5.01 Å². The lowest BCUT2D eigenvalue weighted by molar-refractivity contribution is 0.104. The van der Waals surface area contributed by atoms with Gasteiger partial charge >= 0.3 is 0 Å². The van der Waals surface area contributed by atoms with Gasteiger partial charge < -0.3 is 0 Å². The summed E-state index contributed by atoms with van der Waals surface area (Å²) in [7, 11) is -0.591. The molecule has 144 valence electrons. The highest BCUT2D eigenvalue weighted by Crippen LogP contribution is 2.25. The van der Waals surface area contributed by atoms with Gasteiger partial charge in [-0.15, -0.1) is 11.3 Å². The lowest BCUT2D eigenvalue weighted by Crippen LogP contribution is -2.22. The van der Waals surface area contributed by atoms with Crippen molar-refractivity contribution in [3.05, 3.63) is 76.3 Å². The Balaban J connectivity index is 1.73. The number of benzene rings is 2. The normalized spacial score (nSPS) is 12.0. The molecule has 0 saturated heterocycles. The van der Waals surface area contributed by atoms with Gasteiger partial charge in [-0.2, -0.15) is 0 Å². The molecule has 0 saturated carbocycles. The largest absolute Gasteiger partial charge is 0.289 e. The first kappa shape index (κ1) is 20.4. The summed E-state index contributed by atoms with van der Waals surface area (Å²) in [6, 6.07) is 13.3. The molecule has 0 amide bonds. The summed E-state index contributed by atoms with van der Waals surface area (Å²) < 4.78 is 25.3. The van der Waals surface area contributed by atoms with Gasteiger partial charge in [-0.25, -0.2) is 17.7 Å². The average molecular weight is 433 g/mol. The monoisotopic (exact) mass is 432 g/mol. The smallest absolute Gasteiger partial charge is 0.242 e. The molecule has 28 heavy (non-hydrogen) atoms. The molecule has 3 rings (SSSR count). The molecule has 1 heterocycles. The summed E-state index contributed by atoms with van der Waals surface area (Å²) in [5.74, 6) is -0.227. The Morgan fingerprint density at radius 2 is 1.71 bits per heavy atom. The molecule has 0 radical (unpaired) electrons. The van der Waals surface area contributed by atoms with Crippen LogP contribution < -0.4 is 0 Å². The minimum atomic E-state index is -3.51. The fourth-order valence-corrected chi connectivity index (χ4v) is 4.17. The molecule has 0 aliphatic rings. The van der Waals surface area contributed by atoms with E-state index in [2.05, 4.69) is 4.98 Å². The van der Waals surface area contributed by atoms with Gasteiger partial charge in [-0.05, 0) is 48.6 Å². The summed E-state index contributed by atoms with van der Waals surface area (Å²) in [6.07, 6.45) is 3.07. The molecular formula is C20H17ClN2O3S2. The van der Waals surface area contributed by atoms with E-state index < -0.39 is 10.0 Å². The third kappa shape index (κ3) is 4.56. The van der Waals surface area contributed by atoms with Crippen LogP contribution in [0, 0.1) is 0 Å². The van der Waals surface area contributed by atoms with Crippen molar-refractivity contribution >= 4 is 44.8 Å². The summed E-state index contributed by atoms with van der Waals surface area (Å²) in [6.45, 7) is 0. The van der Waals surface area contributed by atoms with Gasteiger partial charge in [0.15, 0.2) is 5.78 Å². The fraction of sp³-hybridized carbons (Fsp3) is 0.100. The fourth-order valence-electron chi connectivity index (χ4n) is 2.35. The zero-order valence-corrected chi connectivity index (χ0v) is 17.6. The summed E-state index contributed by atoms with van der Waals surface area (Å²) >= 11 is 7.37. The first-order valence-corrected chi connectivity index (χ1v) is 10.9. The van der Waals surface area contributed by atoms with Crippen LogP contribution >= 0.6 is 22.9 Å². The molecule has 0 spiro atoms. The third-order valence-electron chi connectivity index (χ3n) is 3.94. The SMILES string of the molecule is CN(C)S(=O)(=O)c1ccc(C(=O)C=Cc2csc(-c3ccc(Cl)cc3)n2)cc1. The number of hydrogen-bond acceptors (Lipinski definition) is 5. The van der Waals surface area contributed by atoms with E-state index in [9.17, 15) is 13.2 Å². The van der Waals surface area contributed by atoms with E-state index in [-0.39, 0.29) is 10.7 Å². The Labute approximate surface area is 173 Å². The highest BCUT2D eigenvalue weighted by atomic mass is 35.5. The van der Waals surface area contributed by atoms with Crippen molar-refractivity contribution in [3.8, 4) is 10.6 Å². The number of allylic oxidation sites excluding steroid dienone is 1. The number of sulfonamides is 1. The van der Waals surface area contributed by atoms with E-state index in [0.717, 1.165) is 14.9 Å². The van der Waals surface area contributed by atoms with Crippen LogP contribution in [0.5, 0.6) is 0 Å². The van der Waals surface area contributed by atoms with E-state index in [1.807, 2.05) is 17.5 Å². The molecule has 2 aromatic carbocycles. The number of hydrogen-bond donors (Lipinski definition) is 0. The highest BCUT2D eigenvalue weighted by Gasteiger charge is 2.17. The van der Waals surface area contributed by atoms with Crippen LogP contribution in [-0.4, -0.2) is 37.6 Å². The summed E-state index contributed by atoms with van der Waals surface area (Å²) in [5, 5.41) is 3.36. The van der Waals surface area contributed by atoms with Crippen LogP contribution in [0.3, 0.4) is 0 Å². The van der Waals surface area contributed by atoms with Crippen molar-refractivity contribution in [2.24, 2.45) is 0 Å². The first-order valence-electron chi connectivity index (χ1n) is 8.24. The molecule has 0 fully saturated rings. The number of rotatable bonds is 6. The number of aromatic nitrogens is 1. The standard InChI is InChI=1S/C20H17ClN2O3S2/c1-23(2)28(25,26)18-10-5-14(6-11-18)19(24)12-9-17-13-27-20(22-17)15-3-7-16(21)8-4-15/h3-13H,1-2H3. The minimum Gasteiger partial charge on any atom is -0.289 e. The van der Waals surface area contributed by atoms with Crippen molar-refractivity contribution in [2.75, 3.05) is 14.1 Å². The average Bonchev–Trinajstić information content (AvgIpc) is 3.15. The van der Waals surface area contributed by atoms with E-state index >= 15 is 0 Å². The maximum atomic E-state index is 12.3. The molecule has 5 nitrogen and oxygen atoms in total. The van der Waals surface area contributed by atoms with Crippen LogP contribution in [0.2, 0.25) is 5.02 Å². The van der Waals surface area contributed by atoms with E-state index in [1.54, 1.807) is 18.2 Å². The van der Waals surface area contributed by atoms with Gasteiger partial charge in [-0.1, -0.05) is 23.7 Å². The number of carbonyl (C=O) groups excluding carboxylic acids is 1. The van der Waals surface area contributed by atoms with Crippen molar-refractivity contribution < 1.29 is 13.2 Å². The van der Waals surface area contributed by atoms with Crippen LogP contribution in [0.4, 0.5) is 0 Å². The number of halogens is 1. The van der Waals surface area contributed by atoms with Crippen LogP contribution in [-0.2, 0) is 10.0 Å². The molecule has 0 bridgehead atoms. The Hall–Kier alpha value is -2.32. The molecule has 0 aliphatic carbocycles. The van der Waals surface area contributed by atoms with Gasteiger partial charge in [0.2, 0.25) is 10.0 Å². The number of carbonyl (C=O) groups is 1. The molecule has 0 aliphatic heterocycles. The zero-order valence-electron chi connectivity index (χ0n) is 15.2. The molecule has 1 aromatic heterocycles. The van der Waals surface area contributed by atoms with Crippen molar-refractivity contribution in [1.29, 1.82) is 0 Å². The maximum absolute atomic E-state index is 12.3. The number of ketones is 1. The zero-order chi connectivity index (χ0) is 20.3. The van der Waals surface area contributed by atoms with Crippen molar-refractivity contribution in [1.82, 2.24) is 9.29 Å². The van der Waals surface area contributed by atoms with E-state index in [1.165, 1.54) is 55.8 Å². The first-order chi connectivity index (χ1) is 13.3. The van der Waals surface area contributed by atoms with Crippen molar-refractivity contribution in [3.63, 3.8) is 0 Å². The quantitative estimate of drug-likeness (QED) is 0.421. The van der Waals surface area contributed by atoms with E-state index in [4.69, 9.17) is 11.6 Å². The second kappa shape index (κ2) is 8.36. The number of nitrogens with zero attached hydrogens (tertiary/aromatic N) is 2. The highest BCUT2D eigenvalue weighted by molar-refractivity contribution is 7.89. The second-order valence-electron chi connectivity index (χ2n) is 6.09. The topological polar surface area (TPSA) is 67.3 Å². The van der Waals surface area contributed by atoms with Crippen LogP contribution in [0.1, 0.15) is 16.1 Å². The predicted molar refractivity (Wildman–Crippen MR) is 113 cm³/mol. The number of thiazole rings is 1. The van der Waals surface area contributed by atoms with Crippen LogP contribution in [0.25, 0.3) is 16.6 Å². The van der Waals surface area contributed by atoms with Gasteiger partial charge in [0.25, 0.3) is 0 Å².